The molecular weight excluding hydrogens is 240 g/mol. The Balaban J connectivity index is 1.76. The van der Waals surface area contributed by atoms with Crippen LogP contribution in [0.2, 0.25) is 0 Å². The fourth-order valence-electron chi connectivity index (χ4n) is 2.73. The van der Waals surface area contributed by atoms with Crippen LogP contribution in [-0.4, -0.2) is 30.5 Å². The highest BCUT2D eigenvalue weighted by atomic mass is 16.4. The number of rotatable bonds is 5. The summed E-state index contributed by atoms with van der Waals surface area (Å²) in [5.41, 5.74) is 2.29. The van der Waals surface area contributed by atoms with E-state index in [0.717, 1.165) is 24.3 Å². The lowest BCUT2D eigenvalue weighted by Gasteiger charge is -2.18. The first-order chi connectivity index (χ1) is 9.24. The zero-order chi connectivity index (χ0) is 13.2. The van der Waals surface area contributed by atoms with Gasteiger partial charge < -0.3 is 10.0 Å². The first-order valence-corrected chi connectivity index (χ1v) is 6.82. The zero-order valence-corrected chi connectivity index (χ0v) is 10.8. The maximum absolute atomic E-state index is 11.0. The monoisotopic (exact) mass is 258 g/mol. The summed E-state index contributed by atoms with van der Waals surface area (Å²) in [5.74, 6) is 0.0433. The van der Waals surface area contributed by atoms with Gasteiger partial charge >= 0.3 is 5.97 Å². The third-order valence-corrected chi connectivity index (χ3v) is 3.93. The molecule has 0 saturated heterocycles. The molecule has 4 heteroatoms. The first-order valence-electron chi connectivity index (χ1n) is 6.82. The molecule has 1 saturated carbocycles. The Labute approximate surface area is 112 Å². The topological polar surface area (TPSA) is 52.9 Å². The molecule has 0 aromatic heterocycles. The molecule has 1 fully saturated rings. The van der Waals surface area contributed by atoms with Crippen molar-refractivity contribution in [2.75, 3.05) is 18.0 Å². The van der Waals surface area contributed by atoms with Gasteiger partial charge in [-0.25, -0.2) is 0 Å². The summed E-state index contributed by atoms with van der Waals surface area (Å²) >= 11 is 0. The van der Waals surface area contributed by atoms with Gasteiger partial charge in [0.05, 0.1) is 19.3 Å². The van der Waals surface area contributed by atoms with Crippen molar-refractivity contribution in [2.24, 2.45) is 10.9 Å². The van der Waals surface area contributed by atoms with Crippen LogP contribution < -0.4 is 4.90 Å². The van der Waals surface area contributed by atoms with E-state index in [4.69, 9.17) is 5.11 Å². The molecular formula is C15H18N2O2. The van der Waals surface area contributed by atoms with Gasteiger partial charge in [-0.15, -0.1) is 0 Å². The van der Waals surface area contributed by atoms with Crippen molar-refractivity contribution in [1.29, 1.82) is 0 Å². The Morgan fingerprint density at radius 3 is 2.63 bits per heavy atom. The maximum atomic E-state index is 11.0. The Bertz CT molecular complexity index is 491. The summed E-state index contributed by atoms with van der Waals surface area (Å²) in [7, 11) is 0. The SMILES string of the molecule is O=C(O)CC(c1ccc(N2C=NCC2)cc1)C1CC1. The third-order valence-electron chi connectivity index (χ3n) is 3.93. The van der Waals surface area contributed by atoms with Gasteiger partial charge in [0.2, 0.25) is 0 Å². The number of aliphatic carboxylic acids is 1. The van der Waals surface area contributed by atoms with Crippen LogP contribution in [0.15, 0.2) is 29.3 Å². The molecule has 0 bridgehead atoms. The van der Waals surface area contributed by atoms with Gasteiger partial charge in [0, 0.05) is 12.2 Å². The number of carboxylic acids is 1. The van der Waals surface area contributed by atoms with Crippen molar-refractivity contribution in [2.45, 2.75) is 25.2 Å². The second-order valence-corrected chi connectivity index (χ2v) is 5.35. The Hall–Kier alpha value is -1.84. The lowest BCUT2D eigenvalue weighted by molar-refractivity contribution is -0.137. The van der Waals surface area contributed by atoms with E-state index in [1.165, 1.54) is 12.8 Å². The van der Waals surface area contributed by atoms with Crippen molar-refractivity contribution in [3.05, 3.63) is 29.8 Å². The van der Waals surface area contributed by atoms with Gasteiger partial charge in [0.15, 0.2) is 0 Å². The van der Waals surface area contributed by atoms with Crippen LogP contribution in [0.25, 0.3) is 0 Å². The molecule has 19 heavy (non-hydrogen) atoms. The van der Waals surface area contributed by atoms with E-state index in [1.54, 1.807) is 0 Å². The normalized spacial score (nSPS) is 19.7. The number of anilines is 1. The Morgan fingerprint density at radius 1 is 1.37 bits per heavy atom. The average Bonchev–Trinajstić information content (AvgIpc) is 3.10. The second-order valence-electron chi connectivity index (χ2n) is 5.35. The molecule has 0 amide bonds. The minimum absolute atomic E-state index is 0.179. The summed E-state index contributed by atoms with van der Waals surface area (Å²) in [6.45, 7) is 1.78. The molecule has 1 heterocycles. The second kappa shape index (κ2) is 5.03. The van der Waals surface area contributed by atoms with Crippen LogP contribution in [-0.2, 0) is 4.79 Å². The molecule has 4 nitrogen and oxygen atoms in total. The molecule has 1 aliphatic carbocycles. The number of hydrogen-bond donors (Lipinski definition) is 1. The predicted octanol–water partition coefficient (Wildman–Crippen LogP) is 2.50. The number of carbonyl (C=O) groups is 1. The molecule has 2 aliphatic rings. The number of benzene rings is 1. The van der Waals surface area contributed by atoms with Crippen molar-refractivity contribution >= 4 is 18.0 Å². The van der Waals surface area contributed by atoms with E-state index in [9.17, 15) is 4.79 Å². The smallest absolute Gasteiger partial charge is 0.303 e. The van der Waals surface area contributed by atoms with Crippen molar-refractivity contribution in [3.63, 3.8) is 0 Å². The van der Waals surface area contributed by atoms with E-state index in [-0.39, 0.29) is 12.3 Å². The highest BCUT2D eigenvalue weighted by Gasteiger charge is 2.33. The summed E-state index contributed by atoms with van der Waals surface area (Å²) in [4.78, 5) is 17.3. The molecule has 1 atom stereocenters. The van der Waals surface area contributed by atoms with E-state index >= 15 is 0 Å². The van der Waals surface area contributed by atoms with Crippen LogP contribution in [0.3, 0.4) is 0 Å². The van der Waals surface area contributed by atoms with Crippen molar-refractivity contribution in [3.8, 4) is 0 Å². The largest absolute Gasteiger partial charge is 0.481 e. The maximum Gasteiger partial charge on any atom is 0.303 e. The van der Waals surface area contributed by atoms with Crippen LogP contribution >= 0.6 is 0 Å². The van der Waals surface area contributed by atoms with Crippen LogP contribution in [0.1, 0.15) is 30.7 Å². The fourth-order valence-corrected chi connectivity index (χ4v) is 2.73. The van der Waals surface area contributed by atoms with Crippen molar-refractivity contribution < 1.29 is 9.90 Å². The third kappa shape index (κ3) is 2.78. The summed E-state index contributed by atoms with van der Waals surface area (Å²) < 4.78 is 0. The molecule has 1 unspecified atom stereocenters. The standard InChI is InChI=1S/C15H18N2O2/c18-15(19)9-14(11-1-2-11)12-3-5-13(6-4-12)17-8-7-16-10-17/h3-6,10-11,14H,1-2,7-9H2,(H,18,19). The zero-order valence-electron chi connectivity index (χ0n) is 10.8. The number of nitrogens with zero attached hydrogens (tertiary/aromatic N) is 2. The highest BCUT2D eigenvalue weighted by molar-refractivity contribution is 5.80. The molecule has 100 valence electrons. The Kier molecular flexibility index (Phi) is 3.23. The van der Waals surface area contributed by atoms with Crippen LogP contribution in [0.4, 0.5) is 5.69 Å². The fraction of sp³-hybridized carbons (Fsp3) is 0.467. The molecule has 1 aliphatic heterocycles. The number of carboxylic acid groups (broad SMARTS) is 1. The molecule has 3 rings (SSSR count). The average molecular weight is 258 g/mol. The number of hydrogen-bond acceptors (Lipinski definition) is 3. The minimum Gasteiger partial charge on any atom is -0.481 e. The molecule has 0 spiro atoms. The lowest BCUT2D eigenvalue weighted by atomic mass is 9.91. The van der Waals surface area contributed by atoms with Gasteiger partial charge in [-0.05, 0) is 42.4 Å². The Morgan fingerprint density at radius 2 is 2.11 bits per heavy atom. The number of aliphatic imine (C=N–C) groups is 1. The lowest BCUT2D eigenvalue weighted by Crippen LogP contribution is -2.18. The van der Waals surface area contributed by atoms with E-state index in [2.05, 4.69) is 34.2 Å². The molecule has 1 aromatic rings. The van der Waals surface area contributed by atoms with Crippen LogP contribution in [0.5, 0.6) is 0 Å². The predicted molar refractivity (Wildman–Crippen MR) is 74.9 cm³/mol. The van der Waals surface area contributed by atoms with Gasteiger partial charge in [0.1, 0.15) is 0 Å². The van der Waals surface area contributed by atoms with E-state index in [1.807, 2.05) is 6.34 Å². The first kappa shape index (κ1) is 12.2. The summed E-state index contributed by atoms with van der Waals surface area (Å²) in [6, 6.07) is 8.30. The van der Waals surface area contributed by atoms with Gasteiger partial charge in [0.25, 0.3) is 0 Å². The molecule has 1 aromatic carbocycles. The highest BCUT2D eigenvalue weighted by Crippen LogP contribution is 2.44. The van der Waals surface area contributed by atoms with Crippen LogP contribution in [0, 0.1) is 5.92 Å². The molecule has 0 radical (unpaired) electrons. The van der Waals surface area contributed by atoms with Crippen molar-refractivity contribution in [1.82, 2.24) is 0 Å². The van der Waals surface area contributed by atoms with Gasteiger partial charge in [-0.3, -0.25) is 9.79 Å². The minimum atomic E-state index is -0.701. The van der Waals surface area contributed by atoms with E-state index < -0.39 is 5.97 Å². The summed E-state index contributed by atoms with van der Waals surface area (Å²) in [5, 5.41) is 9.02. The summed E-state index contributed by atoms with van der Waals surface area (Å²) in [6.07, 6.45) is 4.44. The quantitative estimate of drug-likeness (QED) is 0.882. The van der Waals surface area contributed by atoms with Gasteiger partial charge in [-0.1, -0.05) is 12.1 Å². The van der Waals surface area contributed by atoms with E-state index in [0.29, 0.717) is 5.92 Å². The van der Waals surface area contributed by atoms with Gasteiger partial charge in [-0.2, -0.15) is 0 Å². The molecule has 1 N–H and O–H groups in total.